The monoisotopic (exact) mass is 359 g/mol. The lowest BCUT2D eigenvalue weighted by Gasteiger charge is -2.34. The van der Waals surface area contributed by atoms with E-state index in [-0.39, 0.29) is 11.8 Å². The van der Waals surface area contributed by atoms with Crippen molar-refractivity contribution >= 4 is 34.5 Å². The summed E-state index contributed by atoms with van der Waals surface area (Å²) in [4.78, 5) is 29.1. The molecule has 0 saturated carbocycles. The molecule has 1 unspecified atom stereocenters. The average Bonchev–Trinajstić information content (AvgIpc) is 3.10. The standard InChI is InChI=1S/C18H21N3O3S/c1-12-18(23)21(9-8-20(2)3)14-11-13(6-7-15(14)24-12)19-17(22)16-5-4-10-25-16/h4-7,10-12H,8-9H2,1-3H3,(H,19,22). The summed E-state index contributed by atoms with van der Waals surface area (Å²) in [5, 5.41) is 4.73. The number of hydrogen-bond acceptors (Lipinski definition) is 5. The van der Waals surface area contributed by atoms with Crippen LogP contribution >= 0.6 is 11.3 Å². The maximum atomic E-state index is 12.5. The van der Waals surface area contributed by atoms with Crippen LogP contribution in [0.3, 0.4) is 0 Å². The van der Waals surface area contributed by atoms with Gasteiger partial charge >= 0.3 is 0 Å². The van der Waals surface area contributed by atoms with Crippen LogP contribution in [0, 0.1) is 0 Å². The predicted molar refractivity (Wildman–Crippen MR) is 99.7 cm³/mol. The van der Waals surface area contributed by atoms with Gasteiger partial charge in [0.25, 0.3) is 11.8 Å². The first-order valence-electron chi connectivity index (χ1n) is 8.07. The Morgan fingerprint density at radius 2 is 2.16 bits per heavy atom. The lowest BCUT2D eigenvalue weighted by Crippen LogP contribution is -2.46. The molecule has 25 heavy (non-hydrogen) atoms. The summed E-state index contributed by atoms with van der Waals surface area (Å²) < 4.78 is 5.70. The number of benzene rings is 1. The van der Waals surface area contributed by atoms with Crippen molar-refractivity contribution < 1.29 is 14.3 Å². The Morgan fingerprint density at radius 3 is 2.84 bits per heavy atom. The van der Waals surface area contributed by atoms with Crippen molar-refractivity contribution in [1.29, 1.82) is 0 Å². The van der Waals surface area contributed by atoms with Crippen molar-refractivity contribution in [3.63, 3.8) is 0 Å². The molecule has 1 atom stereocenters. The summed E-state index contributed by atoms with van der Waals surface area (Å²) in [5.74, 6) is 0.419. The Morgan fingerprint density at radius 1 is 1.36 bits per heavy atom. The molecule has 0 radical (unpaired) electrons. The number of carbonyl (C=O) groups is 2. The van der Waals surface area contributed by atoms with E-state index in [2.05, 4.69) is 5.32 Å². The molecule has 7 heteroatoms. The molecular weight excluding hydrogens is 338 g/mol. The van der Waals surface area contributed by atoms with Gasteiger partial charge in [0.1, 0.15) is 5.75 Å². The third-order valence-electron chi connectivity index (χ3n) is 3.94. The van der Waals surface area contributed by atoms with Gasteiger partial charge in [-0.2, -0.15) is 0 Å². The van der Waals surface area contributed by atoms with E-state index in [9.17, 15) is 9.59 Å². The van der Waals surface area contributed by atoms with Crippen molar-refractivity contribution in [2.24, 2.45) is 0 Å². The van der Waals surface area contributed by atoms with Gasteiger partial charge in [0, 0.05) is 18.8 Å². The van der Waals surface area contributed by atoms with Crippen LogP contribution in [0.15, 0.2) is 35.7 Å². The van der Waals surface area contributed by atoms with E-state index in [1.54, 1.807) is 36.1 Å². The molecule has 132 valence electrons. The second-order valence-electron chi connectivity index (χ2n) is 6.17. The molecule has 1 aliphatic heterocycles. The summed E-state index contributed by atoms with van der Waals surface area (Å²) in [6, 6.07) is 8.99. The molecule has 0 aliphatic carbocycles. The molecule has 2 amide bonds. The lowest BCUT2D eigenvalue weighted by atomic mass is 10.1. The smallest absolute Gasteiger partial charge is 0.267 e. The van der Waals surface area contributed by atoms with Gasteiger partial charge in [-0.05, 0) is 50.7 Å². The molecule has 0 spiro atoms. The molecule has 0 bridgehead atoms. The normalized spacial score (nSPS) is 16.6. The molecule has 1 N–H and O–H groups in total. The highest BCUT2D eigenvalue weighted by Gasteiger charge is 2.31. The van der Waals surface area contributed by atoms with E-state index in [1.165, 1.54) is 11.3 Å². The van der Waals surface area contributed by atoms with E-state index in [1.807, 2.05) is 30.4 Å². The second-order valence-corrected chi connectivity index (χ2v) is 7.11. The molecule has 1 aromatic carbocycles. The Kier molecular flexibility index (Phi) is 5.06. The first-order chi connectivity index (χ1) is 12.0. The van der Waals surface area contributed by atoms with Crippen LogP contribution in [0.25, 0.3) is 0 Å². The van der Waals surface area contributed by atoms with Gasteiger partial charge in [-0.3, -0.25) is 9.59 Å². The van der Waals surface area contributed by atoms with E-state index in [0.717, 1.165) is 6.54 Å². The number of anilines is 2. The molecule has 2 aromatic rings. The van der Waals surface area contributed by atoms with Crippen molar-refractivity contribution in [3.8, 4) is 5.75 Å². The van der Waals surface area contributed by atoms with Crippen LogP contribution in [0.5, 0.6) is 5.75 Å². The van der Waals surface area contributed by atoms with Crippen molar-refractivity contribution in [2.45, 2.75) is 13.0 Å². The van der Waals surface area contributed by atoms with E-state index >= 15 is 0 Å². The highest BCUT2D eigenvalue weighted by molar-refractivity contribution is 7.12. The van der Waals surface area contributed by atoms with Crippen molar-refractivity contribution in [3.05, 3.63) is 40.6 Å². The van der Waals surface area contributed by atoms with Gasteiger partial charge < -0.3 is 19.9 Å². The number of nitrogens with zero attached hydrogens (tertiary/aromatic N) is 2. The minimum Gasteiger partial charge on any atom is -0.479 e. The van der Waals surface area contributed by atoms with Gasteiger partial charge in [-0.25, -0.2) is 0 Å². The van der Waals surface area contributed by atoms with E-state index in [4.69, 9.17) is 4.74 Å². The number of hydrogen-bond donors (Lipinski definition) is 1. The Hall–Kier alpha value is -2.38. The molecule has 1 aromatic heterocycles. The summed E-state index contributed by atoms with van der Waals surface area (Å²) >= 11 is 1.38. The molecule has 0 fully saturated rings. The fourth-order valence-corrected chi connectivity index (χ4v) is 3.23. The first kappa shape index (κ1) is 17.4. The molecule has 3 rings (SSSR count). The third-order valence-corrected chi connectivity index (χ3v) is 4.81. The summed E-state index contributed by atoms with van der Waals surface area (Å²) in [7, 11) is 3.93. The highest BCUT2D eigenvalue weighted by Crippen LogP contribution is 2.36. The maximum absolute atomic E-state index is 12.5. The van der Waals surface area contributed by atoms with Crippen molar-refractivity contribution in [2.75, 3.05) is 37.4 Å². The van der Waals surface area contributed by atoms with Gasteiger partial charge in [-0.15, -0.1) is 11.3 Å². The lowest BCUT2D eigenvalue weighted by molar-refractivity contribution is -0.125. The number of ether oxygens (including phenoxy) is 1. The number of carbonyl (C=O) groups excluding carboxylic acids is 2. The number of rotatable bonds is 5. The van der Waals surface area contributed by atoms with Crippen LogP contribution < -0.4 is 15.0 Å². The van der Waals surface area contributed by atoms with Gasteiger partial charge in [-0.1, -0.05) is 6.07 Å². The maximum Gasteiger partial charge on any atom is 0.267 e. The van der Waals surface area contributed by atoms with E-state index < -0.39 is 6.10 Å². The SMILES string of the molecule is CC1Oc2ccc(NC(=O)c3cccs3)cc2N(CCN(C)C)C1=O. The highest BCUT2D eigenvalue weighted by atomic mass is 32.1. The third kappa shape index (κ3) is 3.83. The minimum absolute atomic E-state index is 0.0731. The number of amides is 2. The van der Waals surface area contributed by atoms with Crippen LogP contribution in [0.1, 0.15) is 16.6 Å². The Bertz CT molecular complexity index is 774. The van der Waals surface area contributed by atoms with Crippen molar-refractivity contribution in [1.82, 2.24) is 4.90 Å². The quantitative estimate of drug-likeness (QED) is 0.892. The summed E-state index contributed by atoms with van der Waals surface area (Å²) in [5.41, 5.74) is 1.33. The minimum atomic E-state index is -0.513. The topological polar surface area (TPSA) is 61.9 Å². The average molecular weight is 359 g/mol. The predicted octanol–water partition coefficient (Wildman–Crippen LogP) is 2.68. The Balaban J connectivity index is 1.85. The largest absolute Gasteiger partial charge is 0.479 e. The van der Waals surface area contributed by atoms with E-state index in [0.29, 0.717) is 28.5 Å². The van der Waals surface area contributed by atoms with Crippen LogP contribution in [-0.2, 0) is 4.79 Å². The molecule has 1 aliphatic rings. The van der Waals surface area contributed by atoms with Gasteiger partial charge in [0.2, 0.25) is 0 Å². The van der Waals surface area contributed by atoms with Crippen LogP contribution in [-0.4, -0.2) is 50.0 Å². The van der Waals surface area contributed by atoms with Gasteiger partial charge in [0.15, 0.2) is 6.10 Å². The number of fused-ring (bicyclic) bond motifs is 1. The number of thiophene rings is 1. The molecule has 6 nitrogen and oxygen atoms in total. The number of nitrogens with one attached hydrogen (secondary N) is 1. The summed E-state index contributed by atoms with van der Waals surface area (Å²) in [6.07, 6.45) is -0.513. The number of likely N-dealkylation sites (N-methyl/N-ethyl adjacent to an activating group) is 1. The Labute approximate surface area is 151 Å². The zero-order valence-corrected chi connectivity index (χ0v) is 15.3. The molecule has 0 saturated heterocycles. The first-order valence-corrected chi connectivity index (χ1v) is 8.95. The molecular formula is C18H21N3O3S. The van der Waals surface area contributed by atoms with Crippen LogP contribution in [0.4, 0.5) is 11.4 Å². The van der Waals surface area contributed by atoms with Crippen LogP contribution in [0.2, 0.25) is 0 Å². The van der Waals surface area contributed by atoms with Gasteiger partial charge in [0.05, 0.1) is 10.6 Å². The second kappa shape index (κ2) is 7.25. The summed E-state index contributed by atoms with van der Waals surface area (Å²) in [6.45, 7) is 3.05. The fraction of sp³-hybridized carbons (Fsp3) is 0.333. The zero-order valence-electron chi connectivity index (χ0n) is 14.5. The zero-order chi connectivity index (χ0) is 18.0. The molecule has 2 heterocycles. The fourth-order valence-electron chi connectivity index (χ4n) is 2.62.